The van der Waals surface area contributed by atoms with Crippen LogP contribution in [-0.4, -0.2) is 66.5 Å². The van der Waals surface area contributed by atoms with Crippen LogP contribution in [0.4, 0.5) is 17.3 Å². The zero-order chi connectivity index (χ0) is 29.5. The number of benzene rings is 1. The van der Waals surface area contributed by atoms with E-state index in [1.807, 2.05) is 31.2 Å². The fraction of sp³-hybridized carbons (Fsp3) is 0.455. The van der Waals surface area contributed by atoms with Crippen molar-refractivity contribution < 1.29 is 5.11 Å². The maximum absolute atomic E-state index is 13.5. The Labute approximate surface area is 250 Å². The van der Waals surface area contributed by atoms with Crippen molar-refractivity contribution >= 4 is 28.4 Å². The summed E-state index contributed by atoms with van der Waals surface area (Å²) in [6.07, 6.45) is 9.11. The quantitative estimate of drug-likeness (QED) is 0.316. The minimum absolute atomic E-state index is 0.0839. The number of piperidine rings is 1. The van der Waals surface area contributed by atoms with E-state index in [1.54, 1.807) is 21.6 Å². The molecule has 9 rings (SSSR count). The highest BCUT2D eigenvalue weighted by atomic mass is 16.3. The van der Waals surface area contributed by atoms with Gasteiger partial charge in [-0.2, -0.15) is 4.98 Å². The molecule has 10 nitrogen and oxygen atoms in total. The monoisotopic (exact) mass is 578 g/mol. The van der Waals surface area contributed by atoms with Crippen LogP contribution in [-0.2, 0) is 18.6 Å². The van der Waals surface area contributed by atoms with Gasteiger partial charge in [0.15, 0.2) is 11.5 Å². The fourth-order valence-electron chi connectivity index (χ4n) is 7.85. The van der Waals surface area contributed by atoms with Gasteiger partial charge in [-0.3, -0.25) is 9.69 Å². The Hall–Kier alpha value is -4.02. The number of piperazine rings is 1. The molecule has 3 aliphatic heterocycles. The first-order chi connectivity index (χ1) is 20.8. The Morgan fingerprint density at radius 3 is 2.53 bits per heavy atom. The van der Waals surface area contributed by atoms with Crippen LogP contribution in [0.2, 0.25) is 0 Å². The summed E-state index contributed by atoms with van der Waals surface area (Å²) in [4.78, 5) is 32.8. The molecule has 10 heteroatoms. The standard InChI is InChI=1S/C33H38N8O2/c1-4-16-40-30(42)26-18-34-31(35-22-7-9-23(10-8-22)39-19-24-17-25(20-39)38(24)3)37-29(26)41(40)27-11-6-21-12-13-32(14-15-32)33(43,5-2)28(21)36-27/h4,6-11,18,24-25,43H,1,5,12-17,19-20H2,2-3H3,(H,34,35,37). The SMILES string of the molecule is C=CCn1c(=O)c2cnc(Nc3ccc(N4CC5CC(C4)N5C)cc3)nc2n1-c1ccc2c(n1)C(O)(CC)C1(CC2)CC1. The fourth-order valence-corrected chi connectivity index (χ4v) is 7.85. The smallest absolute Gasteiger partial charge is 0.278 e. The number of aliphatic hydroxyl groups is 1. The number of aromatic nitrogens is 5. The summed E-state index contributed by atoms with van der Waals surface area (Å²) in [5, 5.41) is 15.7. The predicted molar refractivity (Wildman–Crippen MR) is 167 cm³/mol. The van der Waals surface area contributed by atoms with E-state index in [1.165, 1.54) is 12.1 Å². The van der Waals surface area contributed by atoms with Crippen molar-refractivity contribution in [2.45, 2.75) is 69.7 Å². The summed E-state index contributed by atoms with van der Waals surface area (Å²) in [5.41, 5.74) is 3.10. The van der Waals surface area contributed by atoms with E-state index in [0.717, 1.165) is 55.7 Å². The van der Waals surface area contributed by atoms with Gasteiger partial charge in [-0.25, -0.2) is 19.3 Å². The molecule has 0 radical (unpaired) electrons. The molecule has 43 heavy (non-hydrogen) atoms. The van der Waals surface area contributed by atoms with Crippen molar-refractivity contribution in [1.82, 2.24) is 29.2 Å². The molecule has 6 heterocycles. The number of hydrogen-bond acceptors (Lipinski definition) is 8. The van der Waals surface area contributed by atoms with Gasteiger partial charge in [-0.05, 0) is 81.5 Å². The Morgan fingerprint density at radius 2 is 1.86 bits per heavy atom. The highest BCUT2D eigenvalue weighted by molar-refractivity contribution is 5.77. The lowest BCUT2D eigenvalue weighted by molar-refractivity contribution is -0.0580. The third-order valence-electron chi connectivity index (χ3n) is 10.7. The number of likely N-dealkylation sites (N-methyl/N-ethyl adjacent to an activating group) is 1. The summed E-state index contributed by atoms with van der Waals surface area (Å²) < 4.78 is 3.33. The maximum Gasteiger partial charge on any atom is 0.278 e. The molecule has 1 aromatic carbocycles. The number of pyridine rings is 1. The normalized spacial score (nSPS) is 25.4. The summed E-state index contributed by atoms with van der Waals surface area (Å²) in [7, 11) is 2.22. The van der Waals surface area contributed by atoms with Crippen LogP contribution < -0.4 is 15.8 Å². The molecule has 2 bridgehead atoms. The van der Waals surface area contributed by atoms with E-state index in [4.69, 9.17) is 9.97 Å². The van der Waals surface area contributed by atoms with Crippen LogP contribution in [0.1, 0.15) is 50.3 Å². The number of nitrogens with one attached hydrogen (secondary N) is 1. The number of rotatable bonds is 7. The van der Waals surface area contributed by atoms with Gasteiger partial charge in [-0.15, -0.1) is 6.58 Å². The van der Waals surface area contributed by atoms with Gasteiger partial charge < -0.3 is 15.3 Å². The first-order valence-electron chi connectivity index (χ1n) is 15.5. The molecule has 3 saturated heterocycles. The summed E-state index contributed by atoms with van der Waals surface area (Å²) in [5.74, 6) is 0.946. The van der Waals surface area contributed by atoms with Gasteiger partial charge in [0.25, 0.3) is 5.56 Å². The van der Waals surface area contributed by atoms with Crippen LogP contribution in [0.25, 0.3) is 16.9 Å². The van der Waals surface area contributed by atoms with Crippen LogP contribution >= 0.6 is 0 Å². The van der Waals surface area contributed by atoms with Crippen LogP contribution in [0, 0.1) is 5.41 Å². The zero-order valence-electron chi connectivity index (χ0n) is 24.8. The van der Waals surface area contributed by atoms with Crippen molar-refractivity contribution in [3.05, 3.63) is 76.9 Å². The van der Waals surface area contributed by atoms with Gasteiger partial charge in [0.05, 0.1) is 12.2 Å². The first kappa shape index (κ1) is 26.6. The molecule has 3 unspecified atom stereocenters. The van der Waals surface area contributed by atoms with Crippen LogP contribution in [0.15, 0.2) is 60.0 Å². The minimum Gasteiger partial charge on any atom is -0.383 e. The molecular formula is C33H38N8O2. The molecule has 4 fully saturated rings. The Bertz CT molecular complexity index is 1790. The lowest BCUT2D eigenvalue weighted by Gasteiger charge is -2.55. The topological polar surface area (TPSA) is 104 Å². The second-order valence-corrected chi connectivity index (χ2v) is 12.9. The van der Waals surface area contributed by atoms with Gasteiger partial charge in [0.1, 0.15) is 11.0 Å². The first-order valence-corrected chi connectivity index (χ1v) is 15.5. The van der Waals surface area contributed by atoms with Gasteiger partial charge in [-0.1, -0.05) is 19.1 Å². The Balaban J connectivity index is 1.15. The minimum atomic E-state index is -0.971. The third kappa shape index (κ3) is 3.92. The number of anilines is 3. The van der Waals surface area contributed by atoms with Crippen molar-refractivity contribution in [2.75, 3.05) is 30.4 Å². The van der Waals surface area contributed by atoms with Crippen LogP contribution in [0.5, 0.6) is 0 Å². The molecule has 0 amide bonds. The number of allylic oxidation sites excluding steroid dienone is 1. The molecule has 3 aromatic heterocycles. The Morgan fingerprint density at radius 1 is 1.09 bits per heavy atom. The number of nitrogens with zero attached hydrogens (tertiary/aromatic N) is 7. The van der Waals surface area contributed by atoms with E-state index in [2.05, 4.69) is 45.9 Å². The van der Waals surface area contributed by atoms with Crippen molar-refractivity contribution in [2.24, 2.45) is 5.41 Å². The molecule has 4 aromatic rings. The molecular weight excluding hydrogens is 540 g/mol. The molecule has 2 aliphatic carbocycles. The van der Waals surface area contributed by atoms with Crippen molar-refractivity contribution in [3.8, 4) is 5.82 Å². The second-order valence-electron chi connectivity index (χ2n) is 12.9. The van der Waals surface area contributed by atoms with Gasteiger partial charge in [0, 0.05) is 48.2 Å². The van der Waals surface area contributed by atoms with Gasteiger partial charge in [0.2, 0.25) is 5.95 Å². The molecule has 5 aliphatic rings. The number of aryl methyl sites for hydroxylation is 1. The average Bonchev–Trinajstić information content (AvgIpc) is 3.78. The molecule has 2 N–H and O–H groups in total. The van der Waals surface area contributed by atoms with E-state index < -0.39 is 5.60 Å². The van der Waals surface area contributed by atoms with Gasteiger partial charge >= 0.3 is 0 Å². The van der Waals surface area contributed by atoms with E-state index >= 15 is 0 Å². The molecule has 1 spiro atoms. The summed E-state index contributed by atoms with van der Waals surface area (Å²) in [6.45, 7) is 8.32. The predicted octanol–water partition coefficient (Wildman–Crippen LogP) is 4.12. The zero-order valence-corrected chi connectivity index (χ0v) is 24.8. The number of fused-ring (bicyclic) bond motifs is 4. The van der Waals surface area contributed by atoms with E-state index in [0.29, 0.717) is 41.3 Å². The highest BCUT2D eigenvalue weighted by Crippen LogP contribution is 2.64. The molecule has 1 saturated carbocycles. The summed E-state index contributed by atoms with van der Waals surface area (Å²) >= 11 is 0. The molecule has 222 valence electrons. The van der Waals surface area contributed by atoms with Crippen molar-refractivity contribution in [1.29, 1.82) is 0 Å². The lowest BCUT2D eigenvalue weighted by atomic mass is 9.70. The maximum atomic E-state index is 13.5. The average molecular weight is 579 g/mol. The lowest BCUT2D eigenvalue weighted by Crippen LogP contribution is -2.67. The van der Waals surface area contributed by atoms with Crippen molar-refractivity contribution in [3.63, 3.8) is 0 Å². The number of hydrogen-bond donors (Lipinski definition) is 2. The second kappa shape index (κ2) is 9.49. The van der Waals surface area contributed by atoms with E-state index in [9.17, 15) is 9.90 Å². The Kier molecular flexibility index (Phi) is 5.87. The molecule has 3 atom stereocenters. The van der Waals surface area contributed by atoms with Crippen LogP contribution in [0.3, 0.4) is 0 Å². The van der Waals surface area contributed by atoms with E-state index in [-0.39, 0.29) is 17.5 Å². The summed E-state index contributed by atoms with van der Waals surface area (Å²) in [6, 6.07) is 13.7. The highest BCUT2D eigenvalue weighted by Gasteiger charge is 2.61. The largest absolute Gasteiger partial charge is 0.383 e. The third-order valence-corrected chi connectivity index (χ3v) is 10.7.